The van der Waals surface area contributed by atoms with E-state index in [0.717, 1.165) is 12.1 Å². The monoisotopic (exact) mass is 236 g/mol. The van der Waals surface area contributed by atoms with Crippen LogP contribution in [0.1, 0.15) is 16.7 Å². The molecule has 0 radical (unpaired) electrons. The van der Waals surface area contributed by atoms with Gasteiger partial charge in [-0.25, -0.2) is 0 Å². The molecule has 0 amide bonds. The van der Waals surface area contributed by atoms with Gasteiger partial charge in [0, 0.05) is 6.54 Å². The first-order valence-electron chi connectivity index (χ1n) is 5.99. The Bertz CT molecular complexity index is 594. The molecule has 0 atom stereocenters. The highest BCUT2D eigenvalue weighted by Crippen LogP contribution is 2.25. The fraction of sp³-hybridized carbons (Fsp3) is 0.188. The second kappa shape index (κ2) is 5.48. The number of hydrogen-bond donors (Lipinski definition) is 1. The zero-order chi connectivity index (χ0) is 13.0. The van der Waals surface area contributed by atoms with E-state index in [4.69, 9.17) is 5.26 Å². The van der Waals surface area contributed by atoms with Crippen molar-refractivity contribution >= 4 is 0 Å². The maximum atomic E-state index is 8.93. The van der Waals surface area contributed by atoms with Crippen molar-refractivity contribution in [2.45, 2.75) is 13.5 Å². The van der Waals surface area contributed by atoms with Gasteiger partial charge in [-0.05, 0) is 48.4 Å². The molecule has 0 spiro atoms. The highest BCUT2D eigenvalue weighted by Gasteiger charge is 2.03. The molecule has 90 valence electrons. The van der Waals surface area contributed by atoms with E-state index in [1.54, 1.807) is 0 Å². The van der Waals surface area contributed by atoms with Crippen LogP contribution in [-0.2, 0) is 6.54 Å². The maximum Gasteiger partial charge on any atom is 0.0991 e. The molecule has 0 aliphatic rings. The van der Waals surface area contributed by atoms with Crippen molar-refractivity contribution in [3.8, 4) is 17.2 Å². The summed E-state index contributed by atoms with van der Waals surface area (Å²) in [6.45, 7) is 2.98. The molecule has 0 saturated carbocycles. The SMILES string of the molecule is CNCc1ccc(-c2cccc(C#N)c2)c(C)c1. The maximum absolute atomic E-state index is 8.93. The summed E-state index contributed by atoms with van der Waals surface area (Å²) in [5.41, 5.74) is 5.49. The number of rotatable bonds is 3. The van der Waals surface area contributed by atoms with Crippen molar-refractivity contribution in [1.82, 2.24) is 5.32 Å². The van der Waals surface area contributed by atoms with Crippen LogP contribution in [0.4, 0.5) is 0 Å². The zero-order valence-electron chi connectivity index (χ0n) is 10.7. The minimum absolute atomic E-state index is 0.700. The number of benzene rings is 2. The third-order valence-electron chi connectivity index (χ3n) is 2.97. The van der Waals surface area contributed by atoms with Gasteiger partial charge in [0.05, 0.1) is 11.6 Å². The lowest BCUT2D eigenvalue weighted by molar-refractivity contribution is 0.817. The normalized spacial score (nSPS) is 10.1. The number of hydrogen-bond acceptors (Lipinski definition) is 2. The molecule has 0 bridgehead atoms. The van der Waals surface area contributed by atoms with Crippen LogP contribution in [0, 0.1) is 18.3 Å². The van der Waals surface area contributed by atoms with Gasteiger partial charge in [-0.3, -0.25) is 0 Å². The molecule has 2 aromatic carbocycles. The Morgan fingerprint density at radius 3 is 2.67 bits per heavy atom. The molecule has 0 heterocycles. The van der Waals surface area contributed by atoms with Crippen molar-refractivity contribution in [3.63, 3.8) is 0 Å². The van der Waals surface area contributed by atoms with E-state index in [9.17, 15) is 0 Å². The van der Waals surface area contributed by atoms with Gasteiger partial charge in [-0.15, -0.1) is 0 Å². The molecule has 2 aromatic rings. The summed E-state index contributed by atoms with van der Waals surface area (Å²) in [6, 6.07) is 16.3. The Balaban J connectivity index is 2.41. The molecule has 0 unspecified atom stereocenters. The highest BCUT2D eigenvalue weighted by molar-refractivity contribution is 5.68. The van der Waals surface area contributed by atoms with E-state index in [1.165, 1.54) is 16.7 Å². The van der Waals surface area contributed by atoms with Crippen LogP contribution < -0.4 is 5.32 Å². The first-order chi connectivity index (χ1) is 8.74. The van der Waals surface area contributed by atoms with Crippen LogP contribution in [0.5, 0.6) is 0 Å². The first-order valence-corrected chi connectivity index (χ1v) is 5.99. The predicted molar refractivity (Wildman–Crippen MR) is 74.1 cm³/mol. The van der Waals surface area contributed by atoms with Crippen molar-refractivity contribution in [2.24, 2.45) is 0 Å². The van der Waals surface area contributed by atoms with E-state index < -0.39 is 0 Å². The molecule has 0 saturated heterocycles. The van der Waals surface area contributed by atoms with E-state index in [2.05, 4.69) is 36.5 Å². The topological polar surface area (TPSA) is 35.8 Å². The summed E-state index contributed by atoms with van der Waals surface area (Å²) >= 11 is 0. The molecule has 0 aromatic heterocycles. The van der Waals surface area contributed by atoms with Crippen LogP contribution in [0.3, 0.4) is 0 Å². The zero-order valence-corrected chi connectivity index (χ0v) is 10.7. The molecule has 18 heavy (non-hydrogen) atoms. The Morgan fingerprint density at radius 1 is 1.17 bits per heavy atom. The Morgan fingerprint density at radius 2 is 2.00 bits per heavy atom. The largest absolute Gasteiger partial charge is 0.316 e. The first kappa shape index (κ1) is 12.3. The highest BCUT2D eigenvalue weighted by atomic mass is 14.8. The number of nitrogens with zero attached hydrogens (tertiary/aromatic N) is 1. The smallest absolute Gasteiger partial charge is 0.0991 e. The molecule has 0 fully saturated rings. The summed E-state index contributed by atoms with van der Waals surface area (Å²) in [4.78, 5) is 0. The van der Waals surface area contributed by atoms with Gasteiger partial charge < -0.3 is 5.32 Å². The molecular formula is C16H16N2. The molecule has 1 N–H and O–H groups in total. The molecule has 0 aliphatic carbocycles. The minimum atomic E-state index is 0.700. The summed E-state index contributed by atoms with van der Waals surface area (Å²) < 4.78 is 0. The summed E-state index contributed by atoms with van der Waals surface area (Å²) in [7, 11) is 1.94. The molecular weight excluding hydrogens is 220 g/mol. The lowest BCUT2D eigenvalue weighted by Gasteiger charge is -2.09. The third-order valence-corrected chi connectivity index (χ3v) is 2.97. The number of nitriles is 1. The Kier molecular flexibility index (Phi) is 3.76. The van der Waals surface area contributed by atoms with Crippen molar-refractivity contribution in [2.75, 3.05) is 7.05 Å². The summed E-state index contributed by atoms with van der Waals surface area (Å²) in [6.07, 6.45) is 0. The van der Waals surface area contributed by atoms with Gasteiger partial charge in [-0.2, -0.15) is 5.26 Å². The fourth-order valence-corrected chi connectivity index (χ4v) is 2.12. The molecule has 2 nitrogen and oxygen atoms in total. The minimum Gasteiger partial charge on any atom is -0.316 e. The van der Waals surface area contributed by atoms with Crippen LogP contribution in [0.2, 0.25) is 0 Å². The Labute approximate surface area is 108 Å². The average Bonchev–Trinajstić information content (AvgIpc) is 2.39. The van der Waals surface area contributed by atoms with E-state index in [-0.39, 0.29) is 0 Å². The summed E-state index contributed by atoms with van der Waals surface area (Å²) in [5.74, 6) is 0. The second-order valence-corrected chi connectivity index (χ2v) is 4.37. The molecule has 2 rings (SSSR count). The van der Waals surface area contributed by atoms with Crippen LogP contribution in [-0.4, -0.2) is 7.05 Å². The molecule has 2 heteroatoms. The Hall–Kier alpha value is -2.11. The standard InChI is InChI=1S/C16H16N2/c1-12-8-14(11-18-2)6-7-16(12)15-5-3-4-13(9-15)10-17/h3-9,18H,11H2,1-2H3. The van der Waals surface area contributed by atoms with Crippen LogP contribution in [0.15, 0.2) is 42.5 Å². The van der Waals surface area contributed by atoms with E-state index >= 15 is 0 Å². The predicted octanol–water partition coefficient (Wildman–Crippen LogP) is 3.25. The lowest BCUT2D eigenvalue weighted by Crippen LogP contribution is -2.05. The number of aryl methyl sites for hydroxylation is 1. The van der Waals surface area contributed by atoms with Gasteiger partial charge in [0.2, 0.25) is 0 Å². The second-order valence-electron chi connectivity index (χ2n) is 4.37. The average molecular weight is 236 g/mol. The van der Waals surface area contributed by atoms with Gasteiger partial charge in [-0.1, -0.05) is 30.3 Å². The quantitative estimate of drug-likeness (QED) is 0.888. The fourth-order valence-electron chi connectivity index (χ4n) is 2.12. The van der Waals surface area contributed by atoms with Crippen LogP contribution >= 0.6 is 0 Å². The summed E-state index contributed by atoms with van der Waals surface area (Å²) in [5, 5.41) is 12.1. The number of nitrogens with one attached hydrogen (secondary N) is 1. The van der Waals surface area contributed by atoms with Crippen LogP contribution in [0.25, 0.3) is 11.1 Å². The van der Waals surface area contributed by atoms with Gasteiger partial charge >= 0.3 is 0 Å². The van der Waals surface area contributed by atoms with Crippen molar-refractivity contribution in [1.29, 1.82) is 5.26 Å². The van der Waals surface area contributed by atoms with E-state index in [1.807, 2.05) is 31.3 Å². The van der Waals surface area contributed by atoms with Gasteiger partial charge in [0.15, 0.2) is 0 Å². The van der Waals surface area contributed by atoms with Crippen molar-refractivity contribution in [3.05, 3.63) is 59.2 Å². The lowest BCUT2D eigenvalue weighted by atomic mass is 9.97. The van der Waals surface area contributed by atoms with Gasteiger partial charge in [0.25, 0.3) is 0 Å². The van der Waals surface area contributed by atoms with Gasteiger partial charge in [0.1, 0.15) is 0 Å². The van der Waals surface area contributed by atoms with E-state index in [0.29, 0.717) is 5.56 Å². The molecule has 0 aliphatic heterocycles. The van der Waals surface area contributed by atoms with Crippen molar-refractivity contribution < 1.29 is 0 Å². The third kappa shape index (κ3) is 2.58.